The molecule has 6 heteroatoms. The molecule has 0 saturated carbocycles. The molecule has 23 heavy (non-hydrogen) atoms. The molecule has 3 rings (SSSR count). The molecular weight excluding hydrogens is 310 g/mol. The second-order valence-corrected chi connectivity index (χ2v) is 6.92. The highest BCUT2D eigenvalue weighted by atomic mass is 32.2. The van der Waals surface area contributed by atoms with Crippen LogP contribution in [0.5, 0.6) is 0 Å². The van der Waals surface area contributed by atoms with E-state index in [1.807, 2.05) is 24.3 Å². The Balaban J connectivity index is 1.66. The number of nitrogens with one attached hydrogen (secondary N) is 1. The van der Waals surface area contributed by atoms with Gasteiger partial charge in [-0.3, -0.25) is 14.2 Å². The number of fused-ring (bicyclic) bond motifs is 1. The van der Waals surface area contributed by atoms with Gasteiger partial charge in [0.05, 0.1) is 6.04 Å². The number of carbonyl (C=O) groups is 1. The molecule has 2 heterocycles. The molecule has 0 saturated heterocycles. The highest BCUT2D eigenvalue weighted by Crippen LogP contribution is 2.31. The summed E-state index contributed by atoms with van der Waals surface area (Å²) in [6.45, 7) is 4.27. The summed E-state index contributed by atoms with van der Waals surface area (Å²) in [4.78, 5) is 28.4. The van der Waals surface area contributed by atoms with Crippen molar-refractivity contribution < 1.29 is 4.79 Å². The molecule has 2 aromatic rings. The number of thioether (sulfide) groups is 1. The Morgan fingerprint density at radius 3 is 2.78 bits per heavy atom. The van der Waals surface area contributed by atoms with E-state index in [0.717, 1.165) is 5.69 Å². The predicted molar refractivity (Wildman–Crippen MR) is 92.0 cm³/mol. The van der Waals surface area contributed by atoms with Gasteiger partial charge in [0.25, 0.3) is 5.56 Å². The van der Waals surface area contributed by atoms with E-state index >= 15 is 0 Å². The van der Waals surface area contributed by atoms with E-state index in [4.69, 9.17) is 0 Å². The summed E-state index contributed by atoms with van der Waals surface area (Å²) in [5.74, 6) is 1.08. The van der Waals surface area contributed by atoms with Crippen LogP contribution < -0.4 is 10.9 Å². The lowest BCUT2D eigenvalue weighted by Crippen LogP contribution is -2.26. The summed E-state index contributed by atoms with van der Waals surface area (Å²) in [6, 6.07) is 9.18. The number of aromatic nitrogens is 2. The zero-order valence-electron chi connectivity index (χ0n) is 13.2. The third-order valence-electron chi connectivity index (χ3n) is 3.90. The van der Waals surface area contributed by atoms with Crippen molar-refractivity contribution in [2.24, 2.45) is 0 Å². The molecule has 1 amide bonds. The third-order valence-corrected chi connectivity index (χ3v) is 5.01. The lowest BCUT2D eigenvalue weighted by Gasteiger charge is -2.13. The van der Waals surface area contributed by atoms with Crippen molar-refractivity contribution in [1.29, 1.82) is 0 Å². The molecule has 1 aromatic heterocycles. The molecule has 1 N–H and O–H groups in total. The van der Waals surface area contributed by atoms with Gasteiger partial charge in [0.15, 0.2) is 5.16 Å². The van der Waals surface area contributed by atoms with E-state index in [-0.39, 0.29) is 23.9 Å². The van der Waals surface area contributed by atoms with Crippen LogP contribution >= 0.6 is 11.8 Å². The molecule has 1 aliphatic heterocycles. The number of carbonyl (C=O) groups excluding carboxylic acids is 1. The van der Waals surface area contributed by atoms with Crippen molar-refractivity contribution in [3.8, 4) is 0 Å². The Hall–Kier alpha value is -2.08. The van der Waals surface area contributed by atoms with E-state index in [1.54, 1.807) is 4.57 Å². The highest BCUT2D eigenvalue weighted by Gasteiger charge is 2.26. The van der Waals surface area contributed by atoms with Gasteiger partial charge >= 0.3 is 0 Å². The topological polar surface area (TPSA) is 64.0 Å². The Morgan fingerprint density at radius 2 is 2.09 bits per heavy atom. The van der Waals surface area contributed by atoms with Crippen LogP contribution in [0.15, 0.2) is 46.5 Å². The SMILES string of the molecule is CC(C)c1ccc(NC(=O)CC2CSc3nccc(=O)n32)cc1. The second-order valence-electron chi connectivity index (χ2n) is 5.93. The van der Waals surface area contributed by atoms with Crippen molar-refractivity contribution in [2.45, 2.75) is 37.4 Å². The molecule has 1 aliphatic rings. The van der Waals surface area contributed by atoms with Crippen LogP contribution in [0.4, 0.5) is 5.69 Å². The number of hydrogen-bond acceptors (Lipinski definition) is 4. The number of hydrogen-bond donors (Lipinski definition) is 1. The van der Waals surface area contributed by atoms with Gasteiger partial charge < -0.3 is 5.32 Å². The number of anilines is 1. The highest BCUT2D eigenvalue weighted by molar-refractivity contribution is 7.99. The zero-order chi connectivity index (χ0) is 16.4. The number of rotatable bonds is 4. The van der Waals surface area contributed by atoms with Gasteiger partial charge in [-0.25, -0.2) is 4.98 Å². The molecule has 5 nitrogen and oxygen atoms in total. The minimum Gasteiger partial charge on any atom is -0.326 e. The van der Waals surface area contributed by atoms with Gasteiger partial charge in [0.1, 0.15) is 0 Å². The van der Waals surface area contributed by atoms with Crippen molar-refractivity contribution in [3.05, 3.63) is 52.4 Å². The molecule has 1 atom stereocenters. The fraction of sp³-hybridized carbons (Fsp3) is 0.353. The normalized spacial score (nSPS) is 16.4. The average molecular weight is 329 g/mol. The van der Waals surface area contributed by atoms with Crippen LogP contribution in [-0.4, -0.2) is 21.2 Å². The summed E-state index contributed by atoms with van der Waals surface area (Å²) in [5.41, 5.74) is 1.92. The summed E-state index contributed by atoms with van der Waals surface area (Å²) in [5, 5.41) is 3.59. The first-order valence-corrected chi connectivity index (χ1v) is 8.63. The predicted octanol–water partition coefficient (Wildman–Crippen LogP) is 3.04. The molecule has 1 unspecified atom stereocenters. The maximum absolute atomic E-state index is 12.3. The molecule has 0 bridgehead atoms. The molecule has 1 aromatic carbocycles. The summed E-state index contributed by atoms with van der Waals surface area (Å²) >= 11 is 1.52. The Labute approximate surface area is 139 Å². The van der Waals surface area contributed by atoms with Crippen LogP contribution in [0.1, 0.15) is 37.8 Å². The summed E-state index contributed by atoms with van der Waals surface area (Å²) < 4.78 is 1.62. The Kier molecular flexibility index (Phi) is 4.52. The van der Waals surface area contributed by atoms with Crippen LogP contribution in [0.2, 0.25) is 0 Å². The number of amides is 1. The lowest BCUT2D eigenvalue weighted by atomic mass is 10.0. The van der Waals surface area contributed by atoms with Crippen molar-refractivity contribution in [3.63, 3.8) is 0 Å². The van der Waals surface area contributed by atoms with Gasteiger partial charge in [0.2, 0.25) is 5.91 Å². The Bertz CT molecular complexity index is 768. The van der Waals surface area contributed by atoms with E-state index in [2.05, 4.69) is 24.1 Å². The maximum Gasteiger partial charge on any atom is 0.254 e. The number of nitrogens with zero attached hydrogens (tertiary/aromatic N) is 2. The first-order valence-electron chi connectivity index (χ1n) is 7.65. The quantitative estimate of drug-likeness (QED) is 0.876. The smallest absolute Gasteiger partial charge is 0.254 e. The largest absolute Gasteiger partial charge is 0.326 e. The molecular formula is C17H19N3O2S. The molecule has 0 spiro atoms. The fourth-order valence-corrected chi connectivity index (χ4v) is 3.74. The minimum atomic E-state index is -0.133. The van der Waals surface area contributed by atoms with Crippen molar-refractivity contribution in [2.75, 3.05) is 11.1 Å². The maximum atomic E-state index is 12.3. The minimum absolute atomic E-state index is 0.0866. The molecule has 0 fully saturated rings. The van der Waals surface area contributed by atoms with Crippen LogP contribution in [0, 0.1) is 0 Å². The van der Waals surface area contributed by atoms with Gasteiger partial charge in [-0.2, -0.15) is 0 Å². The van der Waals surface area contributed by atoms with Crippen LogP contribution in [0.3, 0.4) is 0 Å². The van der Waals surface area contributed by atoms with Crippen molar-refractivity contribution in [1.82, 2.24) is 9.55 Å². The fourth-order valence-electron chi connectivity index (χ4n) is 2.62. The van der Waals surface area contributed by atoms with Gasteiger partial charge in [0, 0.05) is 30.1 Å². The summed E-state index contributed by atoms with van der Waals surface area (Å²) in [6.07, 6.45) is 1.79. The number of benzene rings is 1. The van der Waals surface area contributed by atoms with Gasteiger partial charge in [-0.05, 0) is 23.6 Å². The average Bonchev–Trinajstić information content (AvgIpc) is 2.92. The molecule has 0 aliphatic carbocycles. The monoisotopic (exact) mass is 329 g/mol. The van der Waals surface area contributed by atoms with Gasteiger partial charge in [-0.1, -0.05) is 37.7 Å². The second kappa shape index (κ2) is 6.58. The van der Waals surface area contributed by atoms with E-state index in [9.17, 15) is 9.59 Å². The third kappa shape index (κ3) is 3.47. The van der Waals surface area contributed by atoms with Crippen molar-refractivity contribution >= 4 is 23.4 Å². The lowest BCUT2D eigenvalue weighted by molar-refractivity contribution is -0.116. The van der Waals surface area contributed by atoms with E-state index in [0.29, 0.717) is 16.8 Å². The van der Waals surface area contributed by atoms with Crippen LogP contribution in [-0.2, 0) is 4.79 Å². The Morgan fingerprint density at radius 1 is 1.35 bits per heavy atom. The summed E-state index contributed by atoms with van der Waals surface area (Å²) in [7, 11) is 0. The molecule has 120 valence electrons. The molecule has 0 radical (unpaired) electrons. The van der Waals surface area contributed by atoms with Gasteiger partial charge in [-0.15, -0.1) is 0 Å². The van der Waals surface area contributed by atoms with E-state index < -0.39 is 0 Å². The standard InChI is InChI=1S/C17H19N3O2S/c1-11(2)12-3-5-13(6-4-12)19-15(21)9-14-10-23-17-18-8-7-16(22)20(14)17/h3-8,11,14H,9-10H2,1-2H3,(H,19,21). The zero-order valence-corrected chi connectivity index (χ0v) is 14.0. The van der Waals surface area contributed by atoms with Crippen LogP contribution in [0.25, 0.3) is 0 Å². The first kappa shape index (κ1) is 15.8. The van der Waals surface area contributed by atoms with E-state index in [1.165, 1.54) is 29.6 Å². The first-order chi connectivity index (χ1) is 11.0.